The van der Waals surface area contributed by atoms with Gasteiger partial charge in [-0.25, -0.2) is 9.07 Å². The Bertz CT molecular complexity index is 510. The van der Waals surface area contributed by atoms with Gasteiger partial charge in [-0.1, -0.05) is 23.7 Å². The molecule has 0 saturated heterocycles. The van der Waals surface area contributed by atoms with Gasteiger partial charge < -0.3 is 5.73 Å². The van der Waals surface area contributed by atoms with E-state index < -0.39 is 0 Å². The van der Waals surface area contributed by atoms with Crippen molar-refractivity contribution in [1.29, 1.82) is 0 Å². The first-order valence-corrected chi connectivity index (χ1v) is 5.21. The van der Waals surface area contributed by atoms with Gasteiger partial charge in [0.15, 0.2) is 0 Å². The highest BCUT2D eigenvalue weighted by Crippen LogP contribution is 2.25. The van der Waals surface area contributed by atoms with Crippen molar-refractivity contribution in [2.24, 2.45) is 0 Å². The summed E-state index contributed by atoms with van der Waals surface area (Å²) in [5, 5.41) is 4.46. The fourth-order valence-corrected chi connectivity index (χ4v) is 1.70. The molecular formula is C11H11ClFN3. The molecule has 1 unspecified atom stereocenters. The van der Waals surface area contributed by atoms with Crippen LogP contribution in [0.5, 0.6) is 0 Å². The summed E-state index contributed by atoms with van der Waals surface area (Å²) >= 11 is 5.81. The van der Waals surface area contributed by atoms with Gasteiger partial charge in [-0.2, -0.15) is 5.10 Å². The molecule has 0 saturated carbocycles. The highest BCUT2D eigenvalue weighted by atomic mass is 35.5. The van der Waals surface area contributed by atoms with E-state index in [0.717, 1.165) is 5.56 Å². The van der Waals surface area contributed by atoms with Crippen molar-refractivity contribution >= 4 is 17.4 Å². The Morgan fingerprint density at radius 3 is 2.81 bits per heavy atom. The third kappa shape index (κ3) is 1.88. The zero-order valence-electron chi connectivity index (χ0n) is 8.69. The fourth-order valence-electron chi connectivity index (χ4n) is 1.57. The molecule has 84 valence electrons. The third-order valence-corrected chi connectivity index (χ3v) is 2.78. The number of rotatable bonds is 2. The Balaban J connectivity index is 2.39. The van der Waals surface area contributed by atoms with Crippen LogP contribution in [-0.4, -0.2) is 9.78 Å². The number of nitrogens with two attached hydrogens (primary N) is 1. The Morgan fingerprint density at radius 1 is 1.50 bits per heavy atom. The summed E-state index contributed by atoms with van der Waals surface area (Å²) in [6.45, 7) is 1.88. The second-order valence-electron chi connectivity index (χ2n) is 3.55. The molecule has 1 heterocycles. The molecule has 5 heteroatoms. The van der Waals surface area contributed by atoms with Gasteiger partial charge in [0.2, 0.25) is 0 Å². The highest BCUT2D eigenvalue weighted by Gasteiger charge is 2.13. The number of halogens is 2. The molecule has 1 aromatic heterocycles. The van der Waals surface area contributed by atoms with Crippen LogP contribution >= 0.6 is 11.6 Å². The van der Waals surface area contributed by atoms with Gasteiger partial charge in [0.05, 0.1) is 12.2 Å². The van der Waals surface area contributed by atoms with Crippen LogP contribution in [0.2, 0.25) is 5.02 Å². The van der Waals surface area contributed by atoms with E-state index in [4.69, 9.17) is 17.3 Å². The maximum Gasteiger partial charge on any atom is 0.141 e. The van der Waals surface area contributed by atoms with Crippen molar-refractivity contribution in [3.8, 4) is 0 Å². The average Bonchev–Trinajstić information content (AvgIpc) is 2.59. The molecule has 1 aromatic carbocycles. The van der Waals surface area contributed by atoms with E-state index in [1.807, 2.05) is 13.0 Å². The molecule has 0 aliphatic carbocycles. The Hall–Kier alpha value is -1.55. The molecule has 0 aliphatic heterocycles. The predicted octanol–water partition coefficient (Wildman–Crippen LogP) is 2.87. The van der Waals surface area contributed by atoms with E-state index in [-0.39, 0.29) is 11.9 Å². The number of aromatic nitrogens is 2. The first-order chi connectivity index (χ1) is 7.59. The molecule has 0 spiro atoms. The lowest BCUT2D eigenvalue weighted by molar-refractivity contribution is 0.563. The van der Waals surface area contributed by atoms with Gasteiger partial charge in [0.1, 0.15) is 16.7 Å². The molecule has 0 amide bonds. The molecule has 0 fully saturated rings. The van der Waals surface area contributed by atoms with E-state index in [0.29, 0.717) is 10.8 Å². The topological polar surface area (TPSA) is 43.8 Å². The second-order valence-corrected chi connectivity index (χ2v) is 3.96. The number of hydrogen-bond acceptors (Lipinski definition) is 2. The number of anilines is 1. The van der Waals surface area contributed by atoms with Crippen LogP contribution in [0.1, 0.15) is 18.5 Å². The lowest BCUT2D eigenvalue weighted by Crippen LogP contribution is -2.11. The van der Waals surface area contributed by atoms with Crippen LogP contribution < -0.4 is 5.73 Å². The average molecular weight is 240 g/mol. The molecular weight excluding hydrogens is 229 g/mol. The van der Waals surface area contributed by atoms with E-state index >= 15 is 0 Å². The number of nitrogen functional groups attached to an aromatic ring is 1. The van der Waals surface area contributed by atoms with Crippen LogP contribution in [0.15, 0.2) is 30.5 Å². The third-order valence-electron chi connectivity index (χ3n) is 2.48. The van der Waals surface area contributed by atoms with Crippen molar-refractivity contribution in [1.82, 2.24) is 9.78 Å². The monoisotopic (exact) mass is 239 g/mol. The van der Waals surface area contributed by atoms with Crippen LogP contribution in [0.25, 0.3) is 0 Å². The largest absolute Gasteiger partial charge is 0.383 e. The summed E-state index contributed by atoms with van der Waals surface area (Å²) in [6.07, 6.45) is 1.48. The molecule has 0 bridgehead atoms. The van der Waals surface area contributed by atoms with Crippen molar-refractivity contribution in [3.05, 3.63) is 46.9 Å². The SMILES string of the molecule is CC(c1cccc(F)c1)n1ncc(Cl)c1N. The lowest BCUT2D eigenvalue weighted by atomic mass is 10.1. The summed E-state index contributed by atoms with van der Waals surface area (Å²) in [5.74, 6) is 0.111. The first-order valence-electron chi connectivity index (χ1n) is 4.83. The lowest BCUT2D eigenvalue weighted by Gasteiger charge is -2.14. The highest BCUT2D eigenvalue weighted by molar-refractivity contribution is 6.32. The van der Waals surface area contributed by atoms with Crippen LogP contribution in [0.4, 0.5) is 10.2 Å². The van der Waals surface area contributed by atoms with E-state index in [9.17, 15) is 4.39 Å². The standard InChI is InChI=1S/C11H11ClFN3/c1-7(8-3-2-4-9(13)5-8)16-11(14)10(12)6-15-16/h2-7H,14H2,1H3. The molecule has 2 aromatic rings. The molecule has 2 N–H and O–H groups in total. The van der Waals surface area contributed by atoms with Gasteiger partial charge in [0, 0.05) is 0 Å². The van der Waals surface area contributed by atoms with Gasteiger partial charge in [0.25, 0.3) is 0 Å². The first kappa shape index (κ1) is 11.0. The second kappa shape index (κ2) is 4.14. The van der Waals surface area contributed by atoms with Gasteiger partial charge in [-0.05, 0) is 24.6 Å². The maximum absolute atomic E-state index is 13.1. The Morgan fingerprint density at radius 2 is 2.25 bits per heavy atom. The summed E-state index contributed by atoms with van der Waals surface area (Å²) in [7, 11) is 0. The minimum atomic E-state index is -0.277. The summed E-state index contributed by atoms with van der Waals surface area (Å²) in [4.78, 5) is 0. The fraction of sp³-hybridized carbons (Fsp3) is 0.182. The van der Waals surface area contributed by atoms with Gasteiger partial charge in [-0.3, -0.25) is 0 Å². The molecule has 0 aliphatic rings. The molecule has 3 nitrogen and oxygen atoms in total. The maximum atomic E-state index is 13.1. The smallest absolute Gasteiger partial charge is 0.141 e. The van der Waals surface area contributed by atoms with Crippen LogP contribution in [0.3, 0.4) is 0 Å². The summed E-state index contributed by atoms with van der Waals surface area (Å²) < 4.78 is 14.6. The van der Waals surface area contributed by atoms with E-state index in [2.05, 4.69) is 5.10 Å². The van der Waals surface area contributed by atoms with Crippen molar-refractivity contribution in [3.63, 3.8) is 0 Å². The minimum Gasteiger partial charge on any atom is -0.383 e. The van der Waals surface area contributed by atoms with Crippen molar-refractivity contribution < 1.29 is 4.39 Å². The van der Waals surface area contributed by atoms with Crippen molar-refractivity contribution in [2.45, 2.75) is 13.0 Å². The minimum absolute atomic E-state index is 0.150. The normalized spacial score (nSPS) is 12.7. The zero-order chi connectivity index (χ0) is 11.7. The van der Waals surface area contributed by atoms with Crippen LogP contribution in [0, 0.1) is 5.82 Å². The van der Waals surface area contributed by atoms with Gasteiger partial charge >= 0.3 is 0 Å². The Kier molecular flexibility index (Phi) is 2.83. The Labute approximate surface area is 97.6 Å². The molecule has 16 heavy (non-hydrogen) atoms. The van der Waals surface area contributed by atoms with Crippen LogP contribution in [-0.2, 0) is 0 Å². The quantitative estimate of drug-likeness (QED) is 0.876. The summed E-state index contributed by atoms with van der Waals surface area (Å²) in [6, 6.07) is 6.18. The summed E-state index contributed by atoms with van der Waals surface area (Å²) in [5.41, 5.74) is 6.55. The predicted molar refractivity (Wildman–Crippen MR) is 61.9 cm³/mol. The van der Waals surface area contributed by atoms with E-state index in [1.165, 1.54) is 18.3 Å². The molecule has 0 radical (unpaired) electrons. The van der Waals surface area contributed by atoms with Crippen molar-refractivity contribution in [2.75, 3.05) is 5.73 Å². The number of benzene rings is 1. The zero-order valence-corrected chi connectivity index (χ0v) is 9.45. The molecule has 2 rings (SSSR count). The van der Waals surface area contributed by atoms with E-state index in [1.54, 1.807) is 10.7 Å². The number of hydrogen-bond donors (Lipinski definition) is 1. The molecule has 1 atom stereocenters. The number of nitrogens with zero attached hydrogens (tertiary/aromatic N) is 2. The van der Waals surface area contributed by atoms with Gasteiger partial charge in [-0.15, -0.1) is 0 Å².